The molecule has 1 saturated carbocycles. The van der Waals surface area contributed by atoms with Gasteiger partial charge in [0.15, 0.2) is 5.78 Å². The molecular formula is C12H18O4. The zero-order chi connectivity index (χ0) is 12.0. The third-order valence-electron chi connectivity index (χ3n) is 2.76. The fourth-order valence-corrected chi connectivity index (χ4v) is 1.89. The predicted molar refractivity (Wildman–Crippen MR) is 58.7 cm³/mol. The van der Waals surface area contributed by atoms with Crippen molar-refractivity contribution < 1.29 is 19.1 Å². The van der Waals surface area contributed by atoms with E-state index in [0.717, 1.165) is 25.7 Å². The molecule has 0 unspecified atom stereocenters. The first-order chi connectivity index (χ1) is 7.70. The van der Waals surface area contributed by atoms with E-state index in [9.17, 15) is 9.59 Å². The largest absolute Gasteiger partial charge is 0.500 e. The Kier molecular flexibility index (Phi) is 5.02. The average molecular weight is 226 g/mol. The minimum Gasteiger partial charge on any atom is -0.500 e. The maximum atomic E-state index is 12.0. The lowest BCUT2D eigenvalue weighted by molar-refractivity contribution is -0.138. The lowest BCUT2D eigenvalue weighted by atomic mass is 9.97. The molecule has 0 saturated heterocycles. The Morgan fingerprint density at radius 3 is 2.44 bits per heavy atom. The summed E-state index contributed by atoms with van der Waals surface area (Å²) in [6, 6.07) is 0. The molecule has 0 N–H and O–H groups in total. The Morgan fingerprint density at radius 2 is 1.94 bits per heavy atom. The summed E-state index contributed by atoms with van der Waals surface area (Å²) in [7, 11) is 1.27. The van der Waals surface area contributed by atoms with E-state index in [0.29, 0.717) is 6.61 Å². The van der Waals surface area contributed by atoms with Gasteiger partial charge in [-0.15, -0.1) is 0 Å². The number of hydrogen-bond donors (Lipinski definition) is 0. The third-order valence-corrected chi connectivity index (χ3v) is 2.76. The van der Waals surface area contributed by atoms with Crippen molar-refractivity contribution >= 4 is 11.8 Å². The van der Waals surface area contributed by atoms with Crippen LogP contribution in [0.5, 0.6) is 0 Å². The molecule has 0 aromatic rings. The van der Waals surface area contributed by atoms with Crippen molar-refractivity contribution in [2.75, 3.05) is 13.7 Å². The smallest absolute Gasteiger partial charge is 0.344 e. The number of Topliss-reactive ketones (excluding diaryl/α,β-unsaturated/α-hetero) is 1. The van der Waals surface area contributed by atoms with Gasteiger partial charge < -0.3 is 9.47 Å². The van der Waals surface area contributed by atoms with Gasteiger partial charge in [-0.1, -0.05) is 12.8 Å². The molecule has 0 radical (unpaired) electrons. The number of methoxy groups -OCH3 is 1. The van der Waals surface area contributed by atoms with E-state index >= 15 is 0 Å². The molecule has 0 heterocycles. The van der Waals surface area contributed by atoms with Crippen LogP contribution in [0.15, 0.2) is 11.8 Å². The molecule has 16 heavy (non-hydrogen) atoms. The van der Waals surface area contributed by atoms with Gasteiger partial charge in [0.1, 0.15) is 11.8 Å². The Morgan fingerprint density at radius 1 is 1.31 bits per heavy atom. The number of ketones is 1. The first kappa shape index (κ1) is 12.7. The molecular weight excluding hydrogens is 208 g/mol. The second-order valence-corrected chi connectivity index (χ2v) is 3.82. The van der Waals surface area contributed by atoms with Crippen molar-refractivity contribution in [1.82, 2.24) is 0 Å². The van der Waals surface area contributed by atoms with Gasteiger partial charge in [0.05, 0.1) is 13.7 Å². The van der Waals surface area contributed by atoms with Gasteiger partial charge in [-0.25, -0.2) is 4.79 Å². The highest BCUT2D eigenvalue weighted by Gasteiger charge is 2.29. The van der Waals surface area contributed by atoms with Crippen LogP contribution in [0.3, 0.4) is 0 Å². The lowest BCUT2D eigenvalue weighted by Gasteiger charge is -2.09. The van der Waals surface area contributed by atoms with E-state index in [1.807, 2.05) is 0 Å². The number of rotatable bonds is 5. The fraction of sp³-hybridized carbons (Fsp3) is 0.667. The maximum Gasteiger partial charge on any atom is 0.344 e. The van der Waals surface area contributed by atoms with Crippen molar-refractivity contribution in [2.45, 2.75) is 32.6 Å². The highest BCUT2D eigenvalue weighted by atomic mass is 16.5. The molecule has 1 fully saturated rings. The summed E-state index contributed by atoms with van der Waals surface area (Å²) in [5, 5.41) is 0. The van der Waals surface area contributed by atoms with Gasteiger partial charge in [0.25, 0.3) is 0 Å². The quantitative estimate of drug-likeness (QED) is 0.236. The van der Waals surface area contributed by atoms with Crippen LogP contribution in [0.1, 0.15) is 32.6 Å². The molecule has 4 nitrogen and oxygen atoms in total. The molecule has 0 atom stereocenters. The molecule has 0 spiro atoms. The van der Waals surface area contributed by atoms with Crippen LogP contribution in [0.4, 0.5) is 0 Å². The normalized spacial score (nSPS) is 17.2. The Labute approximate surface area is 95.6 Å². The van der Waals surface area contributed by atoms with E-state index < -0.39 is 5.97 Å². The summed E-state index contributed by atoms with van der Waals surface area (Å²) in [6.45, 7) is 2.23. The van der Waals surface area contributed by atoms with Crippen molar-refractivity contribution in [3.63, 3.8) is 0 Å². The van der Waals surface area contributed by atoms with Crippen LogP contribution in [0, 0.1) is 5.92 Å². The minimum atomic E-state index is -0.606. The first-order valence-corrected chi connectivity index (χ1v) is 5.65. The molecule has 0 aliphatic heterocycles. The van der Waals surface area contributed by atoms with Gasteiger partial charge in [0, 0.05) is 5.92 Å². The van der Waals surface area contributed by atoms with Gasteiger partial charge >= 0.3 is 5.97 Å². The van der Waals surface area contributed by atoms with Crippen LogP contribution in [0.2, 0.25) is 0 Å². The zero-order valence-electron chi connectivity index (χ0n) is 9.82. The van der Waals surface area contributed by atoms with Crippen LogP contribution >= 0.6 is 0 Å². The van der Waals surface area contributed by atoms with Crippen LogP contribution < -0.4 is 0 Å². The maximum absolute atomic E-state index is 12.0. The number of ether oxygens (including phenoxy) is 2. The van der Waals surface area contributed by atoms with E-state index in [1.54, 1.807) is 6.92 Å². The topological polar surface area (TPSA) is 52.6 Å². The monoisotopic (exact) mass is 226 g/mol. The molecule has 0 aromatic carbocycles. The highest BCUT2D eigenvalue weighted by Crippen LogP contribution is 2.28. The second-order valence-electron chi connectivity index (χ2n) is 3.82. The third kappa shape index (κ3) is 3.08. The summed E-state index contributed by atoms with van der Waals surface area (Å²) in [5.74, 6) is -0.783. The zero-order valence-corrected chi connectivity index (χ0v) is 9.82. The van der Waals surface area contributed by atoms with Crippen LogP contribution in [0.25, 0.3) is 0 Å². The molecule has 90 valence electrons. The number of carbonyl (C=O) groups is 2. The second kappa shape index (κ2) is 6.30. The Hall–Kier alpha value is -1.32. The van der Waals surface area contributed by atoms with Gasteiger partial charge in [0.2, 0.25) is 0 Å². The summed E-state index contributed by atoms with van der Waals surface area (Å²) in [6.07, 6.45) is 5.06. The number of hydrogen-bond acceptors (Lipinski definition) is 4. The van der Waals surface area contributed by atoms with Gasteiger partial charge in [-0.05, 0) is 19.8 Å². The predicted octanol–water partition coefficient (Wildman–Crippen LogP) is 1.84. The van der Waals surface area contributed by atoms with Gasteiger partial charge in [-0.2, -0.15) is 0 Å². The molecule has 0 aromatic heterocycles. The van der Waals surface area contributed by atoms with Crippen LogP contribution in [-0.2, 0) is 19.1 Å². The first-order valence-electron chi connectivity index (χ1n) is 5.65. The molecule has 1 aliphatic rings. The van der Waals surface area contributed by atoms with E-state index in [4.69, 9.17) is 4.74 Å². The van der Waals surface area contributed by atoms with Crippen molar-refractivity contribution in [3.8, 4) is 0 Å². The highest BCUT2D eigenvalue weighted by molar-refractivity contribution is 6.17. The van der Waals surface area contributed by atoms with Crippen molar-refractivity contribution in [1.29, 1.82) is 0 Å². The molecule has 0 amide bonds. The lowest BCUT2D eigenvalue weighted by Crippen LogP contribution is -2.21. The summed E-state index contributed by atoms with van der Waals surface area (Å²) in [4.78, 5) is 23.4. The van der Waals surface area contributed by atoms with E-state index in [-0.39, 0.29) is 17.3 Å². The van der Waals surface area contributed by atoms with E-state index in [1.165, 1.54) is 13.4 Å². The molecule has 4 heteroatoms. The Balaban J connectivity index is 2.74. The number of esters is 1. The average Bonchev–Trinajstić information content (AvgIpc) is 2.82. The van der Waals surface area contributed by atoms with E-state index in [2.05, 4.69) is 4.74 Å². The van der Waals surface area contributed by atoms with Crippen molar-refractivity contribution in [2.24, 2.45) is 5.92 Å². The number of carbonyl (C=O) groups excluding carboxylic acids is 2. The van der Waals surface area contributed by atoms with Gasteiger partial charge in [-0.3, -0.25) is 4.79 Å². The Bertz CT molecular complexity index is 287. The molecule has 1 rings (SSSR count). The summed E-state index contributed by atoms with van der Waals surface area (Å²) < 4.78 is 9.60. The summed E-state index contributed by atoms with van der Waals surface area (Å²) in [5.41, 5.74) is 0.0382. The molecule has 1 aliphatic carbocycles. The minimum absolute atomic E-state index is 0.0363. The SMILES string of the molecule is CCOC=C(C(=O)OC)C(=O)C1CCCC1. The molecule has 0 bridgehead atoms. The summed E-state index contributed by atoms with van der Waals surface area (Å²) >= 11 is 0. The fourth-order valence-electron chi connectivity index (χ4n) is 1.89. The van der Waals surface area contributed by atoms with Crippen LogP contribution in [-0.4, -0.2) is 25.5 Å². The van der Waals surface area contributed by atoms with Crippen molar-refractivity contribution in [3.05, 3.63) is 11.8 Å². The standard InChI is InChI=1S/C12H18O4/c1-3-16-8-10(12(14)15-2)11(13)9-6-4-5-7-9/h8-9H,3-7H2,1-2H3.